The van der Waals surface area contributed by atoms with E-state index < -0.39 is 0 Å². The summed E-state index contributed by atoms with van der Waals surface area (Å²) in [6.45, 7) is 0.535. The molecule has 1 N–H and O–H groups in total. The molecule has 0 bridgehead atoms. The topological polar surface area (TPSA) is 30.5 Å². The standard InChI is InChI=1S/C16H22FNO2/c1-19-15-8-7-14(17)16-13(15)9-12(10-20-16)18-11-5-3-2-4-6-11/h7-8,11-12,18H,2-6,9-10H2,1H3/t12-/m1/s1. The average molecular weight is 279 g/mol. The number of methoxy groups -OCH3 is 1. The van der Waals surface area contributed by atoms with E-state index in [1.165, 1.54) is 38.2 Å². The van der Waals surface area contributed by atoms with Crippen molar-refractivity contribution in [2.75, 3.05) is 13.7 Å². The van der Waals surface area contributed by atoms with E-state index in [2.05, 4.69) is 5.32 Å². The van der Waals surface area contributed by atoms with Crippen LogP contribution < -0.4 is 14.8 Å². The Bertz CT molecular complexity index is 472. The van der Waals surface area contributed by atoms with E-state index in [1.54, 1.807) is 13.2 Å². The minimum atomic E-state index is -0.295. The summed E-state index contributed by atoms with van der Waals surface area (Å²) in [5.74, 6) is 0.791. The normalized spacial score (nSPS) is 23.0. The van der Waals surface area contributed by atoms with Crippen LogP contribution in [0.1, 0.15) is 37.7 Å². The van der Waals surface area contributed by atoms with Crippen LogP contribution in [0.5, 0.6) is 11.5 Å². The molecule has 110 valence electrons. The van der Waals surface area contributed by atoms with Gasteiger partial charge in [-0.05, 0) is 31.4 Å². The third-order valence-corrected chi connectivity index (χ3v) is 4.35. The maximum atomic E-state index is 13.8. The molecule has 1 atom stereocenters. The number of rotatable bonds is 3. The lowest BCUT2D eigenvalue weighted by Crippen LogP contribution is -2.45. The Morgan fingerprint density at radius 2 is 2.00 bits per heavy atom. The number of halogens is 1. The predicted octanol–water partition coefficient (Wildman–Crippen LogP) is 3.06. The van der Waals surface area contributed by atoms with Crippen molar-refractivity contribution in [1.29, 1.82) is 0 Å². The van der Waals surface area contributed by atoms with Crippen LogP contribution in [-0.4, -0.2) is 25.8 Å². The van der Waals surface area contributed by atoms with Crippen molar-refractivity contribution in [3.8, 4) is 11.5 Å². The van der Waals surface area contributed by atoms with Gasteiger partial charge in [-0.15, -0.1) is 0 Å². The van der Waals surface area contributed by atoms with Crippen LogP contribution in [0, 0.1) is 5.82 Å². The Labute approximate surface area is 119 Å². The number of hydrogen-bond acceptors (Lipinski definition) is 3. The molecule has 1 saturated carbocycles. The largest absolute Gasteiger partial charge is 0.496 e. The van der Waals surface area contributed by atoms with Gasteiger partial charge in [-0.1, -0.05) is 19.3 Å². The lowest BCUT2D eigenvalue weighted by Gasteiger charge is -2.32. The Hall–Kier alpha value is -1.29. The summed E-state index contributed by atoms with van der Waals surface area (Å²) in [6.07, 6.45) is 7.21. The lowest BCUT2D eigenvalue weighted by atomic mass is 9.93. The van der Waals surface area contributed by atoms with Crippen molar-refractivity contribution in [2.45, 2.75) is 50.6 Å². The van der Waals surface area contributed by atoms with Gasteiger partial charge in [0.2, 0.25) is 0 Å². The highest BCUT2D eigenvalue weighted by molar-refractivity contribution is 5.47. The predicted molar refractivity (Wildman–Crippen MR) is 75.9 cm³/mol. The van der Waals surface area contributed by atoms with Gasteiger partial charge >= 0.3 is 0 Å². The van der Waals surface area contributed by atoms with Crippen molar-refractivity contribution in [3.63, 3.8) is 0 Å². The molecule has 1 aliphatic carbocycles. The molecule has 1 fully saturated rings. The molecule has 4 heteroatoms. The molecule has 0 spiro atoms. The van der Waals surface area contributed by atoms with Gasteiger partial charge in [-0.2, -0.15) is 0 Å². The van der Waals surface area contributed by atoms with E-state index in [0.29, 0.717) is 18.4 Å². The minimum absolute atomic E-state index is 0.251. The SMILES string of the molecule is COc1ccc(F)c2c1C[C@@H](NC1CCCCC1)CO2. The molecule has 1 heterocycles. The molecule has 0 unspecified atom stereocenters. The first kappa shape index (κ1) is 13.7. The fourth-order valence-electron chi connectivity index (χ4n) is 3.32. The highest BCUT2D eigenvalue weighted by atomic mass is 19.1. The molecular weight excluding hydrogens is 257 g/mol. The van der Waals surface area contributed by atoms with Crippen LogP contribution in [0.2, 0.25) is 0 Å². The Morgan fingerprint density at radius 1 is 1.20 bits per heavy atom. The molecule has 0 aromatic heterocycles. The zero-order valence-corrected chi connectivity index (χ0v) is 12.0. The van der Waals surface area contributed by atoms with Gasteiger partial charge in [0.25, 0.3) is 0 Å². The molecule has 1 aromatic rings. The summed E-state index contributed by atoms with van der Waals surface area (Å²) in [5, 5.41) is 3.67. The van der Waals surface area contributed by atoms with Gasteiger partial charge in [-0.25, -0.2) is 4.39 Å². The summed E-state index contributed by atoms with van der Waals surface area (Å²) in [6, 6.07) is 3.92. The van der Waals surface area contributed by atoms with Crippen LogP contribution in [0.25, 0.3) is 0 Å². The van der Waals surface area contributed by atoms with Gasteiger partial charge in [0.05, 0.1) is 7.11 Å². The minimum Gasteiger partial charge on any atom is -0.496 e. The lowest BCUT2D eigenvalue weighted by molar-refractivity contribution is 0.204. The third-order valence-electron chi connectivity index (χ3n) is 4.35. The Kier molecular flexibility index (Phi) is 4.10. The van der Waals surface area contributed by atoms with Gasteiger partial charge < -0.3 is 14.8 Å². The van der Waals surface area contributed by atoms with Crippen molar-refractivity contribution < 1.29 is 13.9 Å². The summed E-state index contributed by atoms with van der Waals surface area (Å²) < 4.78 is 24.7. The fourth-order valence-corrected chi connectivity index (χ4v) is 3.32. The summed E-state index contributed by atoms with van der Waals surface area (Å²) >= 11 is 0. The summed E-state index contributed by atoms with van der Waals surface area (Å²) in [7, 11) is 1.62. The average Bonchev–Trinajstić information content (AvgIpc) is 2.49. The number of hydrogen-bond donors (Lipinski definition) is 1. The van der Waals surface area contributed by atoms with E-state index in [9.17, 15) is 4.39 Å². The number of benzene rings is 1. The molecule has 1 aromatic carbocycles. The van der Waals surface area contributed by atoms with Gasteiger partial charge in [0.1, 0.15) is 12.4 Å². The number of ether oxygens (including phenoxy) is 2. The first-order chi connectivity index (χ1) is 9.78. The molecule has 1 aliphatic heterocycles. The Balaban J connectivity index is 1.72. The van der Waals surface area contributed by atoms with E-state index in [0.717, 1.165) is 17.7 Å². The monoisotopic (exact) mass is 279 g/mol. The zero-order chi connectivity index (χ0) is 13.9. The summed E-state index contributed by atoms with van der Waals surface area (Å²) in [5.41, 5.74) is 0.854. The highest BCUT2D eigenvalue weighted by Crippen LogP contribution is 2.35. The van der Waals surface area contributed by atoms with Crippen LogP contribution in [0.3, 0.4) is 0 Å². The van der Waals surface area contributed by atoms with Crippen LogP contribution in [0.4, 0.5) is 4.39 Å². The zero-order valence-electron chi connectivity index (χ0n) is 12.0. The maximum Gasteiger partial charge on any atom is 0.165 e. The first-order valence-electron chi connectivity index (χ1n) is 7.52. The molecule has 2 aliphatic rings. The number of fused-ring (bicyclic) bond motifs is 1. The third kappa shape index (κ3) is 2.75. The maximum absolute atomic E-state index is 13.8. The van der Waals surface area contributed by atoms with Crippen molar-refractivity contribution >= 4 is 0 Å². The van der Waals surface area contributed by atoms with E-state index >= 15 is 0 Å². The van der Waals surface area contributed by atoms with Gasteiger partial charge in [-0.3, -0.25) is 0 Å². The van der Waals surface area contributed by atoms with E-state index in [-0.39, 0.29) is 11.9 Å². The second-order valence-electron chi connectivity index (χ2n) is 5.77. The van der Waals surface area contributed by atoms with Gasteiger partial charge in [0, 0.05) is 17.6 Å². The molecule has 3 nitrogen and oxygen atoms in total. The first-order valence-corrected chi connectivity index (χ1v) is 7.52. The van der Waals surface area contributed by atoms with Crippen molar-refractivity contribution in [1.82, 2.24) is 5.32 Å². The quantitative estimate of drug-likeness (QED) is 0.922. The fraction of sp³-hybridized carbons (Fsp3) is 0.625. The number of nitrogens with one attached hydrogen (secondary N) is 1. The van der Waals surface area contributed by atoms with E-state index in [1.807, 2.05) is 0 Å². The molecule has 20 heavy (non-hydrogen) atoms. The van der Waals surface area contributed by atoms with E-state index in [4.69, 9.17) is 9.47 Å². The van der Waals surface area contributed by atoms with Crippen molar-refractivity contribution in [2.24, 2.45) is 0 Å². The smallest absolute Gasteiger partial charge is 0.165 e. The second kappa shape index (κ2) is 6.00. The van der Waals surface area contributed by atoms with Crippen LogP contribution in [0.15, 0.2) is 12.1 Å². The molecule has 0 saturated heterocycles. The second-order valence-corrected chi connectivity index (χ2v) is 5.77. The van der Waals surface area contributed by atoms with Crippen LogP contribution in [-0.2, 0) is 6.42 Å². The summed E-state index contributed by atoms with van der Waals surface area (Å²) in [4.78, 5) is 0. The Morgan fingerprint density at radius 3 is 2.75 bits per heavy atom. The van der Waals surface area contributed by atoms with Gasteiger partial charge in [0.15, 0.2) is 11.6 Å². The molecule has 0 radical (unpaired) electrons. The van der Waals surface area contributed by atoms with Crippen molar-refractivity contribution in [3.05, 3.63) is 23.5 Å². The molecular formula is C16H22FNO2. The molecule has 0 amide bonds. The highest BCUT2D eigenvalue weighted by Gasteiger charge is 2.27. The molecule has 3 rings (SSSR count). The van der Waals surface area contributed by atoms with Crippen LogP contribution >= 0.6 is 0 Å².